The van der Waals surface area contributed by atoms with Crippen molar-refractivity contribution in [3.63, 3.8) is 0 Å². The van der Waals surface area contributed by atoms with Crippen LogP contribution in [0.3, 0.4) is 0 Å². The standard InChI is InChI=1S/C16H14FNOS/c1-19-15-8-12(17)6-7-14(15)18-9-11-10-20-16-5-3-2-4-13(11)16/h2-8,10,18H,9H2,1H3. The lowest BCUT2D eigenvalue weighted by atomic mass is 10.2. The number of benzene rings is 2. The van der Waals surface area contributed by atoms with E-state index >= 15 is 0 Å². The van der Waals surface area contributed by atoms with Gasteiger partial charge in [-0.1, -0.05) is 18.2 Å². The topological polar surface area (TPSA) is 21.3 Å². The second-order valence-corrected chi connectivity index (χ2v) is 5.37. The number of fused-ring (bicyclic) bond motifs is 1. The molecule has 0 fully saturated rings. The average molecular weight is 287 g/mol. The first kappa shape index (κ1) is 12.9. The van der Waals surface area contributed by atoms with Crippen LogP contribution in [0.1, 0.15) is 5.56 Å². The minimum Gasteiger partial charge on any atom is -0.494 e. The summed E-state index contributed by atoms with van der Waals surface area (Å²) in [7, 11) is 1.54. The van der Waals surface area contributed by atoms with Crippen LogP contribution in [0.25, 0.3) is 10.1 Å². The first-order valence-electron chi connectivity index (χ1n) is 6.30. The third-order valence-electron chi connectivity index (χ3n) is 3.19. The number of ether oxygens (including phenoxy) is 1. The number of thiophene rings is 1. The molecule has 3 aromatic rings. The summed E-state index contributed by atoms with van der Waals surface area (Å²) in [6.07, 6.45) is 0. The highest BCUT2D eigenvalue weighted by Gasteiger charge is 2.06. The Morgan fingerprint density at radius 3 is 2.90 bits per heavy atom. The van der Waals surface area contributed by atoms with Gasteiger partial charge in [0.05, 0.1) is 12.8 Å². The molecule has 0 atom stereocenters. The van der Waals surface area contributed by atoms with Gasteiger partial charge in [0.2, 0.25) is 0 Å². The number of nitrogens with one attached hydrogen (secondary N) is 1. The highest BCUT2D eigenvalue weighted by molar-refractivity contribution is 7.17. The molecule has 1 heterocycles. The van der Waals surface area contributed by atoms with Crippen LogP contribution >= 0.6 is 11.3 Å². The van der Waals surface area contributed by atoms with E-state index in [1.807, 2.05) is 12.1 Å². The molecule has 20 heavy (non-hydrogen) atoms. The fourth-order valence-electron chi connectivity index (χ4n) is 2.17. The predicted octanol–water partition coefficient (Wildman–Crippen LogP) is 4.66. The summed E-state index contributed by atoms with van der Waals surface area (Å²) in [4.78, 5) is 0. The number of halogens is 1. The predicted molar refractivity (Wildman–Crippen MR) is 82.1 cm³/mol. The molecular formula is C16H14FNOS. The SMILES string of the molecule is COc1cc(F)ccc1NCc1csc2ccccc12. The second kappa shape index (κ2) is 5.51. The van der Waals surface area contributed by atoms with Crippen molar-refractivity contribution in [1.82, 2.24) is 0 Å². The third-order valence-corrected chi connectivity index (χ3v) is 4.21. The van der Waals surface area contributed by atoms with Gasteiger partial charge in [-0.2, -0.15) is 0 Å². The zero-order valence-corrected chi connectivity index (χ0v) is 11.8. The van der Waals surface area contributed by atoms with Crippen LogP contribution in [0.15, 0.2) is 47.8 Å². The summed E-state index contributed by atoms with van der Waals surface area (Å²) >= 11 is 1.73. The van der Waals surface area contributed by atoms with E-state index in [0.29, 0.717) is 12.3 Å². The molecule has 0 aliphatic carbocycles. The molecule has 1 aromatic heterocycles. The highest BCUT2D eigenvalue weighted by atomic mass is 32.1. The van der Waals surface area contributed by atoms with Crippen molar-refractivity contribution in [3.8, 4) is 5.75 Å². The summed E-state index contributed by atoms with van der Waals surface area (Å²) in [5.74, 6) is 0.220. The molecule has 102 valence electrons. The molecule has 0 aliphatic rings. The molecule has 0 spiro atoms. The van der Waals surface area contributed by atoms with Gasteiger partial charge in [0.25, 0.3) is 0 Å². The van der Waals surface area contributed by atoms with Gasteiger partial charge in [0.1, 0.15) is 11.6 Å². The monoisotopic (exact) mass is 287 g/mol. The Morgan fingerprint density at radius 1 is 1.20 bits per heavy atom. The van der Waals surface area contributed by atoms with Gasteiger partial charge in [-0.05, 0) is 34.5 Å². The lowest BCUT2D eigenvalue weighted by Crippen LogP contribution is -2.01. The molecule has 0 aliphatic heterocycles. The Bertz CT molecular complexity index is 738. The van der Waals surface area contributed by atoms with E-state index < -0.39 is 0 Å². The van der Waals surface area contributed by atoms with Gasteiger partial charge in [-0.15, -0.1) is 11.3 Å². The fourth-order valence-corrected chi connectivity index (χ4v) is 3.13. The quantitative estimate of drug-likeness (QED) is 0.753. The molecule has 0 amide bonds. The maximum Gasteiger partial charge on any atom is 0.144 e. The van der Waals surface area contributed by atoms with Crippen LogP contribution in [0.2, 0.25) is 0 Å². The van der Waals surface area contributed by atoms with E-state index in [-0.39, 0.29) is 5.82 Å². The number of methoxy groups -OCH3 is 1. The maximum absolute atomic E-state index is 13.1. The first-order chi connectivity index (χ1) is 9.78. The number of hydrogen-bond donors (Lipinski definition) is 1. The maximum atomic E-state index is 13.1. The molecule has 0 bridgehead atoms. The molecule has 4 heteroatoms. The largest absolute Gasteiger partial charge is 0.494 e. The number of rotatable bonds is 4. The van der Waals surface area contributed by atoms with Crippen LogP contribution in [0.4, 0.5) is 10.1 Å². The number of hydrogen-bond acceptors (Lipinski definition) is 3. The van der Waals surface area contributed by atoms with E-state index in [1.54, 1.807) is 24.5 Å². The Balaban J connectivity index is 1.83. The van der Waals surface area contributed by atoms with Gasteiger partial charge >= 0.3 is 0 Å². The van der Waals surface area contributed by atoms with Gasteiger partial charge in [-0.3, -0.25) is 0 Å². The van der Waals surface area contributed by atoms with E-state index in [0.717, 1.165) is 5.69 Å². The van der Waals surface area contributed by atoms with E-state index in [1.165, 1.54) is 27.8 Å². The molecule has 3 rings (SSSR count). The van der Waals surface area contributed by atoms with Gasteiger partial charge in [0, 0.05) is 17.3 Å². The summed E-state index contributed by atoms with van der Waals surface area (Å²) in [5.41, 5.74) is 2.03. The highest BCUT2D eigenvalue weighted by Crippen LogP contribution is 2.29. The van der Waals surface area contributed by atoms with E-state index in [9.17, 15) is 4.39 Å². The van der Waals surface area contributed by atoms with E-state index in [2.05, 4.69) is 22.8 Å². The molecule has 2 aromatic carbocycles. The Hall–Kier alpha value is -2.07. The summed E-state index contributed by atoms with van der Waals surface area (Å²) < 4.78 is 19.6. The summed E-state index contributed by atoms with van der Waals surface area (Å²) in [6, 6.07) is 12.8. The van der Waals surface area contributed by atoms with Crippen LogP contribution in [-0.4, -0.2) is 7.11 Å². The Kier molecular flexibility index (Phi) is 3.56. The smallest absolute Gasteiger partial charge is 0.144 e. The lowest BCUT2D eigenvalue weighted by molar-refractivity contribution is 0.413. The zero-order chi connectivity index (χ0) is 13.9. The molecule has 0 unspecified atom stereocenters. The van der Waals surface area contributed by atoms with Gasteiger partial charge < -0.3 is 10.1 Å². The van der Waals surface area contributed by atoms with Crippen molar-refractivity contribution in [2.45, 2.75) is 6.54 Å². The van der Waals surface area contributed by atoms with Crippen LogP contribution in [0.5, 0.6) is 5.75 Å². The van der Waals surface area contributed by atoms with Crippen molar-refractivity contribution in [2.75, 3.05) is 12.4 Å². The van der Waals surface area contributed by atoms with Crippen molar-refractivity contribution >= 4 is 27.1 Å². The van der Waals surface area contributed by atoms with Crippen molar-refractivity contribution in [1.29, 1.82) is 0 Å². The van der Waals surface area contributed by atoms with Crippen LogP contribution < -0.4 is 10.1 Å². The summed E-state index contributed by atoms with van der Waals surface area (Å²) in [5, 5.41) is 6.70. The average Bonchev–Trinajstić information content (AvgIpc) is 2.89. The zero-order valence-electron chi connectivity index (χ0n) is 11.0. The normalized spacial score (nSPS) is 10.7. The molecule has 0 saturated heterocycles. The third kappa shape index (κ3) is 2.47. The van der Waals surface area contributed by atoms with Crippen molar-refractivity contribution in [3.05, 3.63) is 59.2 Å². The molecule has 0 radical (unpaired) electrons. The summed E-state index contributed by atoms with van der Waals surface area (Å²) in [6.45, 7) is 0.687. The van der Waals surface area contributed by atoms with E-state index in [4.69, 9.17) is 4.74 Å². The first-order valence-corrected chi connectivity index (χ1v) is 7.18. The molecule has 2 nitrogen and oxygen atoms in total. The van der Waals surface area contributed by atoms with Gasteiger partial charge in [-0.25, -0.2) is 4.39 Å². The van der Waals surface area contributed by atoms with Crippen molar-refractivity contribution in [2.24, 2.45) is 0 Å². The molecular weight excluding hydrogens is 273 g/mol. The molecule has 1 N–H and O–H groups in total. The Labute approximate surface area is 120 Å². The molecule has 0 saturated carbocycles. The second-order valence-electron chi connectivity index (χ2n) is 4.46. The Morgan fingerprint density at radius 2 is 2.05 bits per heavy atom. The minimum absolute atomic E-state index is 0.298. The van der Waals surface area contributed by atoms with Crippen molar-refractivity contribution < 1.29 is 9.13 Å². The fraction of sp³-hybridized carbons (Fsp3) is 0.125. The van der Waals surface area contributed by atoms with Crippen LogP contribution in [-0.2, 0) is 6.54 Å². The lowest BCUT2D eigenvalue weighted by Gasteiger charge is -2.10. The minimum atomic E-state index is -0.298. The number of anilines is 1. The van der Waals surface area contributed by atoms with Crippen LogP contribution in [0, 0.1) is 5.82 Å². The van der Waals surface area contributed by atoms with Gasteiger partial charge in [0.15, 0.2) is 0 Å².